The third-order valence-corrected chi connectivity index (χ3v) is 6.40. The molecule has 1 fully saturated rings. The Morgan fingerprint density at radius 2 is 1.56 bits per heavy atom. The first-order chi connectivity index (χ1) is 17.5. The van der Waals surface area contributed by atoms with E-state index in [1.54, 1.807) is 0 Å². The maximum Gasteiger partial charge on any atom is 0.257 e. The number of aryl methyl sites for hydroxylation is 1. The smallest absolute Gasteiger partial charge is 0.257 e. The molecule has 1 aliphatic rings. The number of hydrogen-bond acceptors (Lipinski definition) is 5. The monoisotopic (exact) mass is 476 g/mol. The molecule has 180 valence electrons. The van der Waals surface area contributed by atoms with Crippen molar-refractivity contribution < 1.29 is 9.90 Å². The molecule has 0 bridgehead atoms. The molecule has 3 aromatic carbocycles. The lowest BCUT2D eigenvalue weighted by molar-refractivity contribution is -0.116. The van der Waals surface area contributed by atoms with Gasteiger partial charge in [0.1, 0.15) is 0 Å². The van der Waals surface area contributed by atoms with Gasteiger partial charge in [-0.15, -0.1) is 0 Å². The van der Waals surface area contributed by atoms with Crippen LogP contribution in [-0.2, 0) is 10.5 Å². The average Bonchev–Trinajstić information content (AvgIpc) is 3.16. The second kappa shape index (κ2) is 10.9. The number of aliphatic hydroxyl groups is 1. The summed E-state index contributed by atoms with van der Waals surface area (Å²) in [5, 5.41) is 29.8. The lowest BCUT2D eigenvalue weighted by Crippen LogP contribution is -2.43. The number of amides is 1. The zero-order valence-electron chi connectivity index (χ0n) is 20.3. The standard InChI is InChI=1S/C30H28N4O2/c1-23-9-13-28(14-10-23)34-29(35)25(22-30(34,36)26-7-3-2-4-8-26)21-24-11-15-27(16-12-24)33(19-5-17-31)20-6-18-32/h2-4,7-16,21,36H,5-6,19-20,22H2,1H3/b25-21-. The van der Waals surface area contributed by atoms with Crippen molar-refractivity contribution in [1.29, 1.82) is 10.5 Å². The first kappa shape index (κ1) is 24.7. The Labute approximate surface area is 211 Å². The molecule has 0 radical (unpaired) electrons. The highest BCUT2D eigenvalue weighted by Gasteiger charge is 2.49. The Morgan fingerprint density at radius 3 is 2.14 bits per heavy atom. The third kappa shape index (κ3) is 5.15. The van der Waals surface area contributed by atoms with Crippen LogP contribution in [0.5, 0.6) is 0 Å². The number of anilines is 2. The molecule has 0 spiro atoms. The molecule has 1 N–H and O–H groups in total. The number of rotatable bonds is 8. The van der Waals surface area contributed by atoms with E-state index < -0.39 is 5.72 Å². The summed E-state index contributed by atoms with van der Waals surface area (Å²) in [6.07, 6.45) is 2.72. The molecule has 0 aliphatic carbocycles. The summed E-state index contributed by atoms with van der Waals surface area (Å²) >= 11 is 0. The van der Waals surface area contributed by atoms with Crippen LogP contribution < -0.4 is 9.80 Å². The van der Waals surface area contributed by atoms with Gasteiger partial charge in [-0.1, -0.05) is 60.2 Å². The zero-order valence-corrected chi connectivity index (χ0v) is 20.3. The Balaban J connectivity index is 1.66. The fourth-order valence-corrected chi connectivity index (χ4v) is 4.53. The molecule has 1 amide bonds. The minimum atomic E-state index is -1.50. The summed E-state index contributed by atoms with van der Waals surface area (Å²) in [4.78, 5) is 17.1. The van der Waals surface area contributed by atoms with E-state index in [1.165, 1.54) is 4.90 Å². The zero-order chi connectivity index (χ0) is 25.5. The molecule has 6 nitrogen and oxygen atoms in total. The predicted molar refractivity (Wildman–Crippen MR) is 141 cm³/mol. The van der Waals surface area contributed by atoms with Crippen LogP contribution in [0.2, 0.25) is 0 Å². The number of hydrogen-bond donors (Lipinski definition) is 1. The Morgan fingerprint density at radius 1 is 0.944 bits per heavy atom. The van der Waals surface area contributed by atoms with Gasteiger partial charge in [0.15, 0.2) is 5.72 Å². The second-order valence-corrected chi connectivity index (χ2v) is 8.90. The van der Waals surface area contributed by atoms with E-state index in [9.17, 15) is 9.90 Å². The summed E-state index contributed by atoms with van der Waals surface area (Å²) in [6.45, 7) is 3.08. The van der Waals surface area contributed by atoms with Gasteiger partial charge in [-0.2, -0.15) is 10.5 Å². The SMILES string of the molecule is Cc1ccc(N2C(=O)/C(=C\c3ccc(N(CCC#N)CCC#N)cc3)CC2(O)c2ccccc2)cc1. The quantitative estimate of drug-likeness (QED) is 0.446. The van der Waals surface area contributed by atoms with Crippen molar-refractivity contribution in [3.63, 3.8) is 0 Å². The summed E-state index contributed by atoms with van der Waals surface area (Å²) in [6, 6.07) is 28.8. The van der Waals surface area contributed by atoms with E-state index in [4.69, 9.17) is 10.5 Å². The van der Waals surface area contributed by atoms with Crippen LogP contribution in [0.4, 0.5) is 11.4 Å². The van der Waals surface area contributed by atoms with E-state index in [0.717, 1.165) is 16.8 Å². The average molecular weight is 477 g/mol. The van der Waals surface area contributed by atoms with Gasteiger partial charge in [0.05, 0.1) is 25.0 Å². The van der Waals surface area contributed by atoms with E-state index in [0.29, 0.717) is 42.8 Å². The number of carbonyl (C=O) groups is 1. The Kier molecular flexibility index (Phi) is 7.49. The second-order valence-electron chi connectivity index (χ2n) is 8.90. The molecule has 0 aromatic heterocycles. The van der Waals surface area contributed by atoms with Crippen molar-refractivity contribution in [3.05, 3.63) is 101 Å². The molecule has 36 heavy (non-hydrogen) atoms. The van der Waals surface area contributed by atoms with Crippen molar-refractivity contribution in [2.75, 3.05) is 22.9 Å². The topological polar surface area (TPSA) is 91.4 Å². The van der Waals surface area contributed by atoms with Gasteiger partial charge in [0, 0.05) is 42.0 Å². The van der Waals surface area contributed by atoms with Crippen molar-refractivity contribution in [2.24, 2.45) is 0 Å². The van der Waals surface area contributed by atoms with E-state index >= 15 is 0 Å². The van der Waals surface area contributed by atoms with Crippen LogP contribution in [0.25, 0.3) is 6.08 Å². The van der Waals surface area contributed by atoms with Gasteiger partial charge in [-0.25, -0.2) is 0 Å². The van der Waals surface area contributed by atoms with E-state index in [-0.39, 0.29) is 12.3 Å². The minimum Gasteiger partial charge on any atom is -0.369 e. The highest BCUT2D eigenvalue weighted by atomic mass is 16.3. The predicted octanol–water partition coefficient (Wildman–Crippen LogP) is 5.29. The van der Waals surface area contributed by atoms with Crippen molar-refractivity contribution in [1.82, 2.24) is 0 Å². The van der Waals surface area contributed by atoms with Gasteiger partial charge < -0.3 is 10.0 Å². The third-order valence-electron chi connectivity index (χ3n) is 6.40. The van der Waals surface area contributed by atoms with E-state index in [1.807, 2.05) is 96.8 Å². The molecule has 3 aromatic rings. The summed E-state index contributed by atoms with van der Waals surface area (Å²) < 4.78 is 0. The molecule has 4 rings (SSSR count). The summed E-state index contributed by atoms with van der Waals surface area (Å²) in [7, 11) is 0. The fourth-order valence-electron chi connectivity index (χ4n) is 4.53. The van der Waals surface area contributed by atoms with E-state index in [2.05, 4.69) is 12.1 Å². The molecule has 1 unspecified atom stereocenters. The highest BCUT2D eigenvalue weighted by Crippen LogP contribution is 2.43. The van der Waals surface area contributed by atoms with Crippen molar-refractivity contribution >= 4 is 23.4 Å². The molecule has 1 heterocycles. The Bertz CT molecular complexity index is 1300. The first-order valence-electron chi connectivity index (χ1n) is 11.9. The molecule has 1 aliphatic heterocycles. The highest BCUT2D eigenvalue weighted by molar-refractivity contribution is 6.12. The van der Waals surface area contributed by atoms with Crippen LogP contribution in [0.3, 0.4) is 0 Å². The summed E-state index contributed by atoms with van der Waals surface area (Å²) in [5.74, 6) is -0.237. The van der Waals surface area contributed by atoms with Gasteiger partial charge in [0.2, 0.25) is 0 Å². The summed E-state index contributed by atoms with van der Waals surface area (Å²) in [5.41, 5.74) is 3.14. The van der Waals surface area contributed by atoms with Gasteiger partial charge in [-0.3, -0.25) is 9.69 Å². The molecule has 6 heteroatoms. The van der Waals surface area contributed by atoms with Crippen LogP contribution in [-0.4, -0.2) is 24.1 Å². The van der Waals surface area contributed by atoms with Gasteiger partial charge in [0.25, 0.3) is 5.91 Å². The molecule has 1 atom stereocenters. The van der Waals surface area contributed by atoms with Crippen LogP contribution in [0.1, 0.15) is 36.0 Å². The maximum atomic E-state index is 13.6. The van der Waals surface area contributed by atoms with Crippen LogP contribution in [0.15, 0.2) is 84.4 Å². The fraction of sp³-hybridized carbons (Fsp3) is 0.233. The Hall–Kier alpha value is -4.39. The molecular weight excluding hydrogens is 448 g/mol. The van der Waals surface area contributed by atoms with Crippen LogP contribution in [0, 0.1) is 29.6 Å². The van der Waals surface area contributed by atoms with Crippen LogP contribution >= 0.6 is 0 Å². The number of nitrogens with zero attached hydrogens (tertiary/aromatic N) is 4. The first-order valence-corrected chi connectivity index (χ1v) is 11.9. The molecule has 1 saturated heterocycles. The lowest BCUT2D eigenvalue weighted by atomic mass is 9.97. The maximum absolute atomic E-state index is 13.6. The molecular formula is C30H28N4O2. The number of benzene rings is 3. The molecule has 0 saturated carbocycles. The van der Waals surface area contributed by atoms with Crippen molar-refractivity contribution in [3.8, 4) is 12.1 Å². The van der Waals surface area contributed by atoms with Gasteiger partial charge in [-0.05, 0) is 42.8 Å². The number of nitriles is 2. The minimum absolute atomic E-state index is 0.155. The van der Waals surface area contributed by atoms with Crippen molar-refractivity contribution in [2.45, 2.75) is 31.9 Å². The lowest BCUT2D eigenvalue weighted by Gasteiger charge is -2.33. The number of carbonyl (C=O) groups excluding carboxylic acids is 1. The normalized spacial score (nSPS) is 18.2. The van der Waals surface area contributed by atoms with Gasteiger partial charge >= 0.3 is 0 Å². The largest absolute Gasteiger partial charge is 0.369 e.